The van der Waals surface area contributed by atoms with Gasteiger partial charge in [0.15, 0.2) is 0 Å². The molecule has 8 heteroatoms. The minimum Gasteiger partial charge on any atom is -0.497 e. The van der Waals surface area contributed by atoms with Gasteiger partial charge >= 0.3 is 5.97 Å². The van der Waals surface area contributed by atoms with E-state index >= 15 is 0 Å². The number of nitrogens with one attached hydrogen (secondary N) is 1. The summed E-state index contributed by atoms with van der Waals surface area (Å²) in [4.78, 5) is 12.9. The number of rotatable bonds is 10. The Morgan fingerprint density at radius 3 is 2.21 bits per heavy atom. The van der Waals surface area contributed by atoms with Gasteiger partial charge < -0.3 is 25.2 Å². The lowest BCUT2D eigenvalue weighted by Crippen LogP contribution is -2.38. The number of hydrogen-bond donors (Lipinski definition) is 3. The van der Waals surface area contributed by atoms with E-state index in [4.69, 9.17) is 33.0 Å². The summed E-state index contributed by atoms with van der Waals surface area (Å²) in [5, 5.41) is 23.9. The van der Waals surface area contributed by atoms with E-state index in [-0.39, 0.29) is 19.8 Å². The number of aliphatic hydroxyl groups is 1. The first kappa shape index (κ1) is 33.3. The number of ether oxygens (including phenoxy) is 1. The van der Waals surface area contributed by atoms with Gasteiger partial charge in [-0.2, -0.15) is 0 Å². The number of hydrogen-bond acceptors (Lipinski definition) is 5. The molecule has 0 bridgehead atoms. The van der Waals surface area contributed by atoms with Crippen molar-refractivity contribution in [2.24, 2.45) is 5.92 Å². The molecule has 3 aromatic carbocycles. The SMILES string of the molecule is C.CCC(O)(c1cccc(OC)c1)[C@H](C)CN(C)C.O=C(O)Cc1ccccc1Nc1c(Cl)cccc1Cl. The Morgan fingerprint density at radius 2 is 1.66 bits per heavy atom. The summed E-state index contributed by atoms with van der Waals surface area (Å²) >= 11 is 12.1. The number of carboxylic acid groups (broad SMARTS) is 1. The Labute approximate surface area is 237 Å². The van der Waals surface area contributed by atoms with Crippen LogP contribution in [-0.4, -0.2) is 48.8 Å². The number of halogens is 2. The van der Waals surface area contributed by atoms with Crippen molar-refractivity contribution in [2.45, 2.75) is 39.7 Å². The fraction of sp³-hybridized carbons (Fsp3) is 0.367. The van der Waals surface area contributed by atoms with Crippen molar-refractivity contribution in [3.63, 3.8) is 0 Å². The zero-order valence-corrected chi connectivity index (χ0v) is 23.5. The molecule has 0 fully saturated rings. The third kappa shape index (κ3) is 9.21. The minimum absolute atomic E-state index is 0. The topological polar surface area (TPSA) is 82.0 Å². The first-order valence-corrected chi connectivity index (χ1v) is 12.8. The number of aliphatic carboxylic acids is 1. The molecule has 0 saturated heterocycles. The first-order chi connectivity index (χ1) is 17.5. The van der Waals surface area contributed by atoms with E-state index in [2.05, 4.69) is 17.1 Å². The summed E-state index contributed by atoms with van der Waals surface area (Å²) in [6.45, 7) is 4.95. The molecule has 0 aliphatic carbocycles. The van der Waals surface area contributed by atoms with Crippen LogP contribution in [0.5, 0.6) is 5.75 Å². The van der Waals surface area contributed by atoms with Crippen LogP contribution in [0.15, 0.2) is 66.7 Å². The Kier molecular flexibility index (Phi) is 13.6. The lowest BCUT2D eigenvalue weighted by atomic mass is 9.80. The van der Waals surface area contributed by atoms with Gasteiger partial charge in [0.2, 0.25) is 0 Å². The van der Waals surface area contributed by atoms with Crippen molar-refractivity contribution in [3.05, 3.63) is 87.9 Å². The maximum absolute atomic E-state index is 10.9. The van der Waals surface area contributed by atoms with Crippen LogP contribution in [0.25, 0.3) is 0 Å². The number of para-hydroxylation sites is 2. The Bertz CT molecular complexity index is 1150. The normalized spacial score (nSPS) is 12.9. The van der Waals surface area contributed by atoms with Crippen molar-refractivity contribution < 1.29 is 19.7 Å². The van der Waals surface area contributed by atoms with E-state index in [1.165, 1.54) is 0 Å². The summed E-state index contributed by atoms with van der Waals surface area (Å²) < 4.78 is 5.23. The van der Waals surface area contributed by atoms with Crippen molar-refractivity contribution in [3.8, 4) is 5.75 Å². The Hall–Kier alpha value is -2.77. The maximum Gasteiger partial charge on any atom is 0.307 e. The van der Waals surface area contributed by atoms with Gasteiger partial charge in [0, 0.05) is 18.2 Å². The second-order valence-corrected chi connectivity index (χ2v) is 9.94. The monoisotopic (exact) mass is 562 g/mol. The first-order valence-electron chi connectivity index (χ1n) is 12.0. The summed E-state index contributed by atoms with van der Waals surface area (Å²) in [7, 11) is 5.70. The molecule has 0 saturated carbocycles. The third-order valence-electron chi connectivity index (χ3n) is 6.14. The van der Waals surface area contributed by atoms with Crippen molar-refractivity contribution in [1.82, 2.24) is 4.90 Å². The molecule has 0 heterocycles. The molecule has 0 aliphatic rings. The molecule has 0 aromatic heterocycles. The average molecular weight is 564 g/mol. The molecule has 3 rings (SSSR count). The number of carboxylic acids is 1. The molecule has 0 aliphatic heterocycles. The van der Waals surface area contributed by atoms with Crippen LogP contribution in [0.4, 0.5) is 11.4 Å². The molecule has 6 nitrogen and oxygen atoms in total. The van der Waals surface area contributed by atoms with Gasteiger partial charge in [0.1, 0.15) is 5.75 Å². The lowest BCUT2D eigenvalue weighted by molar-refractivity contribution is -0.136. The van der Waals surface area contributed by atoms with Gasteiger partial charge in [-0.3, -0.25) is 4.79 Å². The highest BCUT2D eigenvalue weighted by Crippen LogP contribution is 2.35. The zero-order chi connectivity index (χ0) is 27.6. The quantitative estimate of drug-likeness (QED) is 0.237. The van der Waals surface area contributed by atoms with Crippen LogP contribution in [0.2, 0.25) is 10.0 Å². The van der Waals surface area contributed by atoms with Crippen LogP contribution < -0.4 is 10.1 Å². The number of benzene rings is 3. The number of nitrogens with zero attached hydrogens (tertiary/aromatic N) is 1. The van der Waals surface area contributed by atoms with Crippen molar-refractivity contribution in [2.75, 3.05) is 33.1 Å². The van der Waals surface area contributed by atoms with E-state index in [1.54, 1.807) is 43.5 Å². The summed E-state index contributed by atoms with van der Waals surface area (Å²) in [5.74, 6) is 0.0561. The molecule has 0 radical (unpaired) electrons. The Morgan fingerprint density at radius 1 is 1.05 bits per heavy atom. The highest BCUT2D eigenvalue weighted by molar-refractivity contribution is 6.39. The van der Waals surface area contributed by atoms with E-state index in [0.29, 0.717) is 33.4 Å². The second kappa shape index (κ2) is 15.6. The highest BCUT2D eigenvalue weighted by atomic mass is 35.5. The fourth-order valence-electron chi connectivity index (χ4n) is 4.14. The van der Waals surface area contributed by atoms with E-state index in [9.17, 15) is 9.90 Å². The third-order valence-corrected chi connectivity index (χ3v) is 6.77. The van der Waals surface area contributed by atoms with Gasteiger partial charge in [-0.05, 0) is 62.0 Å². The molecule has 38 heavy (non-hydrogen) atoms. The standard InChI is InChI=1S/C15H25NO2.C14H11Cl2NO2.CH4/c1-6-15(17,12(2)11-16(3)4)13-8-7-9-14(10-13)18-5;15-10-5-3-6-11(16)14(10)17-12-7-2-1-4-9(12)8-13(18)19;/h7-10,12,17H,6,11H2,1-5H3;1-7,17H,8H2,(H,18,19);1H4/t12-,15?;;/m1../s1. The molecule has 3 aromatic rings. The molecular weight excluding hydrogens is 523 g/mol. The summed E-state index contributed by atoms with van der Waals surface area (Å²) in [6.07, 6.45) is 0.625. The predicted octanol–water partition coefficient (Wildman–Crippen LogP) is 7.49. The van der Waals surface area contributed by atoms with E-state index in [1.807, 2.05) is 51.4 Å². The molecular formula is C30H40Cl2N2O4. The number of carbonyl (C=O) groups is 1. The molecule has 208 valence electrons. The van der Waals surface area contributed by atoms with E-state index in [0.717, 1.165) is 17.9 Å². The van der Waals surface area contributed by atoms with Crippen molar-refractivity contribution in [1.29, 1.82) is 0 Å². The molecule has 0 amide bonds. The van der Waals surface area contributed by atoms with Crippen LogP contribution in [0, 0.1) is 5.92 Å². The van der Waals surface area contributed by atoms with Crippen LogP contribution in [-0.2, 0) is 16.8 Å². The van der Waals surface area contributed by atoms with Crippen LogP contribution >= 0.6 is 23.2 Å². The van der Waals surface area contributed by atoms with Crippen LogP contribution in [0.3, 0.4) is 0 Å². The number of methoxy groups -OCH3 is 1. The lowest BCUT2D eigenvalue weighted by Gasteiger charge is -2.35. The molecule has 1 unspecified atom stereocenters. The zero-order valence-electron chi connectivity index (χ0n) is 22.0. The summed E-state index contributed by atoms with van der Waals surface area (Å²) in [6, 6.07) is 20.1. The summed E-state index contributed by atoms with van der Waals surface area (Å²) in [5.41, 5.74) is 2.05. The van der Waals surface area contributed by atoms with Gasteiger partial charge in [-0.1, -0.05) is 80.9 Å². The Balaban J connectivity index is 0.000000371. The van der Waals surface area contributed by atoms with E-state index < -0.39 is 11.6 Å². The fourth-order valence-corrected chi connectivity index (χ4v) is 4.63. The molecule has 3 N–H and O–H groups in total. The number of anilines is 2. The molecule has 2 atom stereocenters. The van der Waals surface area contributed by atoms with Crippen molar-refractivity contribution >= 4 is 40.5 Å². The van der Waals surface area contributed by atoms with Gasteiger partial charge in [0.05, 0.1) is 34.9 Å². The van der Waals surface area contributed by atoms with Gasteiger partial charge in [-0.25, -0.2) is 0 Å². The largest absolute Gasteiger partial charge is 0.497 e. The van der Waals surface area contributed by atoms with Crippen LogP contribution in [0.1, 0.15) is 38.8 Å². The maximum atomic E-state index is 10.9. The average Bonchev–Trinajstić information content (AvgIpc) is 2.86. The minimum atomic E-state index is -0.889. The van der Waals surface area contributed by atoms with Gasteiger partial charge in [-0.15, -0.1) is 0 Å². The van der Waals surface area contributed by atoms with Gasteiger partial charge in [0.25, 0.3) is 0 Å². The highest BCUT2D eigenvalue weighted by Gasteiger charge is 2.34. The second-order valence-electron chi connectivity index (χ2n) is 9.12. The smallest absolute Gasteiger partial charge is 0.307 e. The molecule has 0 spiro atoms. The predicted molar refractivity (Wildman–Crippen MR) is 159 cm³/mol.